The summed E-state index contributed by atoms with van der Waals surface area (Å²) in [6, 6.07) is 14.9. The van der Waals surface area contributed by atoms with Gasteiger partial charge in [-0.3, -0.25) is 4.79 Å². The molecule has 1 aromatic heterocycles. The van der Waals surface area contributed by atoms with Crippen molar-refractivity contribution in [2.24, 2.45) is 11.7 Å². The maximum absolute atomic E-state index is 12.3. The number of hydrogen-bond donors (Lipinski definition) is 4. The number of hydrogen-bond acceptors (Lipinski definition) is 6. The molecule has 31 heavy (non-hydrogen) atoms. The molecule has 0 unspecified atom stereocenters. The predicted octanol–water partition coefficient (Wildman–Crippen LogP) is 2.74. The fourth-order valence-electron chi connectivity index (χ4n) is 3.03. The average Bonchev–Trinajstić information content (AvgIpc) is 2.75. The summed E-state index contributed by atoms with van der Waals surface area (Å²) in [6.07, 6.45) is 0. The highest BCUT2D eigenvalue weighted by molar-refractivity contribution is 5.92. The third-order valence-corrected chi connectivity index (χ3v) is 4.57. The molecular formula is C22H23N7O2. The van der Waals surface area contributed by atoms with Crippen LogP contribution in [0.4, 0.5) is 16.3 Å². The molecule has 3 rings (SSSR count). The molecular weight excluding hydrogens is 394 g/mol. The van der Waals surface area contributed by atoms with Crippen molar-refractivity contribution in [3.05, 3.63) is 59.9 Å². The van der Waals surface area contributed by atoms with Crippen molar-refractivity contribution in [3.63, 3.8) is 0 Å². The molecule has 2 aromatic carbocycles. The molecule has 9 heteroatoms. The summed E-state index contributed by atoms with van der Waals surface area (Å²) in [6.45, 7) is 3.84. The zero-order valence-electron chi connectivity index (χ0n) is 17.2. The van der Waals surface area contributed by atoms with Gasteiger partial charge in [0.05, 0.1) is 23.7 Å². The normalized spacial score (nSPS) is 11.5. The highest BCUT2D eigenvalue weighted by Crippen LogP contribution is 2.22. The number of aromatic nitrogens is 2. The fraction of sp³-hybridized carbons (Fsp3) is 0.227. The maximum atomic E-state index is 12.3. The zero-order chi connectivity index (χ0) is 22.4. The van der Waals surface area contributed by atoms with E-state index in [0.29, 0.717) is 28.4 Å². The van der Waals surface area contributed by atoms with E-state index in [0.717, 1.165) is 5.39 Å². The second kappa shape index (κ2) is 9.54. The summed E-state index contributed by atoms with van der Waals surface area (Å²) < 4.78 is 0. The lowest BCUT2D eigenvalue weighted by Gasteiger charge is -2.21. The lowest BCUT2D eigenvalue weighted by Crippen LogP contribution is -2.40. The number of urea groups is 1. The number of rotatable bonds is 7. The van der Waals surface area contributed by atoms with Gasteiger partial charge in [-0.1, -0.05) is 32.0 Å². The number of para-hydroxylation sites is 1. The molecule has 0 saturated carbocycles. The number of anilines is 2. The van der Waals surface area contributed by atoms with Gasteiger partial charge in [0.1, 0.15) is 11.9 Å². The molecule has 0 fully saturated rings. The standard InChI is InChI=1S/C22H23N7O2/c1-13(2)19(20(24)30)29-21-16-8-3-4-9-17(16)27-18(28-21)12-25-22(31)26-15-7-5-6-14(10-15)11-23/h3-10,13,19H,12H2,1-2H3,(H2,24,30)(H2,25,26,31)(H,27,28,29)/t19-/m0/s1. The van der Waals surface area contributed by atoms with E-state index in [-0.39, 0.29) is 12.5 Å². The van der Waals surface area contributed by atoms with Gasteiger partial charge in [0, 0.05) is 11.1 Å². The first-order valence-corrected chi connectivity index (χ1v) is 9.74. The van der Waals surface area contributed by atoms with Crippen LogP contribution in [-0.4, -0.2) is 27.9 Å². The van der Waals surface area contributed by atoms with Gasteiger partial charge < -0.3 is 21.7 Å². The van der Waals surface area contributed by atoms with Crippen LogP contribution in [0.15, 0.2) is 48.5 Å². The minimum absolute atomic E-state index is 0.0391. The van der Waals surface area contributed by atoms with Crippen molar-refractivity contribution in [2.75, 3.05) is 10.6 Å². The van der Waals surface area contributed by atoms with Crippen LogP contribution >= 0.6 is 0 Å². The number of nitrogens with one attached hydrogen (secondary N) is 3. The van der Waals surface area contributed by atoms with Gasteiger partial charge in [-0.15, -0.1) is 0 Å². The van der Waals surface area contributed by atoms with E-state index in [4.69, 9.17) is 11.0 Å². The minimum Gasteiger partial charge on any atom is -0.368 e. The van der Waals surface area contributed by atoms with E-state index in [1.807, 2.05) is 44.2 Å². The molecule has 0 aliphatic heterocycles. The molecule has 0 radical (unpaired) electrons. The summed E-state index contributed by atoms with van der Waals surface area (Å²) in [5.41, 5.74) is 7.15. The van der Waals surface area contributed by atoms with E-state index in [1.165, 1.54) is 0 Å². The molecule has 1 heterocycles. The van der Waals surface area contributed by atoms with Gasteiger partial charge in [0.2, 0.25) is 5.91 Å². The van der Waals surface area contributed by atoms with Crippen LogP contribution in [0.2, 0.25) is 0 Å². The first-order valence-electron chi connectivity index (χ1n) is 9.74. The molecule has 5 N–H and O–H groups in total. The molecule has 3 amide bonds. The van der Waals surface area contributed by atoms with E-state index < -0.39 is 18.0 Å². The van der Waals surface area contributed by atoms with Crippen molar-refractivity contribution in [3.8, 4) is 6.07 Å². The second-order valence-corrected chi connectivity index (χ2v) is 7.27. The molecule has 158 valence electrons. The number of primary amides is 1. The maximum Gasteiger partial charge on any atom is 0.319 e. The van der Waals surface area contributed by atoms with Crippen LogP contribution in [-0.2, 0) is 11.3 Å². The largest absolute Gasteiger partial charge is 0.368 e. The van der Waals surface area contributed by atoms with Gasteiger partial charge in [0.25, 0.3) is 0 Å². The highest BCUT2D eigenvalue weighted by atomic mass is 16.2. The Morgan fingerprint density at radius 1 is 1.13 bits per heavy atom. The Hall–Kier alpha value is -4.19. The van der Waals surface area contributed by atoms with E-state index >= 15 is 0 Å². The first kappa shape index (κ1) is 21.5. The summed E-state index contributed by atoms with van der Waals surface area (Å²) in [5, 5.41) is 18.2. The number of nitrogens with zero attached hydrogens (tertiary/aromatic N) is 3. The molecule has 0 aliphatic rings. The number of carbonyl (C=O) groups excluding carboxylic acids is 2. The van der Waals surface area contributed by atoms with Crippen LogP contribution < -0.4 is 21.7 Å². The van der Waals surface area contributed by atoms with Crippen molar-refractivity contribution in [1.82, 2.24) is 15.3 Å². The predicted molar refractivity (Wildman–Crippen MR) is 118 cm³/mol. The Bertz CT molecular complexity index is 1150. The fourth-order valence-corrected chi connectivity index (χ4v) is 3.03. The molecule has 0 spiro atoms. The number of nitrogens with two attached hydrogens (primary N) is 1. The van der Waals surface area contributed by atoms with Crippen LogP contribution in [0.1, 0.15) is 25.2 Å². The Labute approximate surface area is 179 Å². The summed E-state index contributed by atoms with van der Waals surface area (Å²) in [5.74, 6) is 0.329. The van der Waals surface area contributed by atoms with Gasteiger partial charge in [0.15, 0.2) is 5.82 Å². The molecule has 0 aliphatic carbocycles. The lowest BCUT2D eigenvalue weighted by molar-refractivity contribution is -0.119. The van der Waals surface area contributed by atoms with E-state index in [9.17, 15) is 9.59 Å². The molecule has 0 bridgehead atoms. The molecule has 1 atom stereocenters. The topological polar surface area (TPSA) is 146 Å². The molecule has 3 aromatic rings. The van der Waals surface area contributed by atoms with Gasteiger partial charge >= 0.3 is 6.03 Å². The highest BCUT2D eigenvalue weighted by Gasteiger charge is 2.21. The van der Waals surface area contributed by atoms with Crippen molar-refractivity contribution >= 4 is 34.3 Å². The van der Waals surface area contributed by atoms with Gasteiger partial charge in [-0.25, -0.2) is 14.8 Å². The lowest BCUT2D eigenvalue weighted by atomic mass is 10.0. The van der Waals surface area contributed by atoms with Crippen LogP contribution in [0.25, 0.3) is 10.9 Å². The quantitative estimate of drug-likeness (QED) is 0.465. The van der Waals surface area contributed by atoms with Gasteiger partial charge in [-0.05, 0) is 36.2 Å². The Morgan fingerprint density at radius 2 is 1.90 bits per heavy atom. The third kappa shape index (κ3) is 5.45. The van der Waals surface area contributed by atoms with E-state index in [2.05, 4.69) is 25.9 Å². The zero-order valence-corrected chi connectivity index (χ0v) is 17.2. The number of fused-ring (bicyclic) bond motifs is 1. The summed E-state index contributed by atoms with van der Waals surface area (Å²) >= 11 is 0. The average molecular weight is 417 g/mol. The number of benzene rings is 2. The Morgan fingerprint density at radius 3 is 2.61 bits per heavy atom. The number of nitriles is 1. The Balaban J connectivity index is 1.78. The van der Waals surface area contributed by atoms with Crippen molar-refractivity contribution in [1.29, 1.82) is 5.26 Å². The number of amides is 3. The van der Waals surface area contributed by atoms with Crippen LogP contribution in [0.5, 0.6) is 0 Å². The minimum atomic E-state index is -0.602. The monoisotopic (exact) mass is 417 g/mol. The van der Waals surface area contributed by atoms with Crippen LogP contribution in [0, 0.1) is 17.2 Å². The number of carbonyl (C=O) groups is 2. The second-order valence-electron chi connectivity index (χ2n) is 7.27. The Kier molecular flexibility index (Phi) is 6.62. The smallest absolute Gasteiger partial charge is 0.319 e. The molecule has 0 saturated heterocycles. The molecule has 9 nitrogen and oxygen atoms in total. The van der Waals surface area contributed by atoms with Crippen LogP contribution in [0.3, 0.4) is 0 Å². The summed E-state index contributed by atoms with van der Waals surface area (Å²) in [4.78, 5) is 33.1. The SMILES string of the molecule is CC(C)[C@H](Nc1nc(CNC(=O)Nc2cccc(C#N)c2)nc2ccccc12)C(N)=O. The first-order chi connectivity index (χ1) is 14.9. The van der Waals surface area contributed by atoms with E-state index in [1.54, 1.807) is 24.3 Å². The van der Waals surface area contributed by atoms with Crippen molar-refractivity contribution in [2.45, 2.75) is 26.4 Å². The summed E-state index contributed by atoms with van der Waals surface area (Å²) in [7, 11) is 0. The van der Waals surface area contributed by atoms with Crippen molar-refractivity contribution < 1.29 is 9.59 Å². The third-order valence-electron chi connectivity index (χ3n) is 4.57. The van der Waals surface area contributed by atoms with Gasteiger partial charge in [-0.2, -0.15) is 5.26 Å².